The van der Waals surface area contributed by atoms with E-state index in [4.69, 9.17) is 19.2 Å². The summed E-state index contributed by atoms with van der Waals surface area (Å²) in [5.41, 5.74) is 1.91. The van der Waals surface area contributed by atoms with E-state index in [1.165, 1.54) is 0 Å². The standard InChI is InChI=1S/C21H28N4O3/c1-5-24-14-17-21(25(6-2)15-24)23-20(22-17)10-8-16-7-9-18(27-4)19(13-16)28-12-11-26-3/h7-10,13-14H,5-6,11-12,15H2,1-4H3/b10-8+. The van der Waals surface area contributed by atoms with Gasteiger partial charge in [0.2, 0.25) is 0 Å². The summed E-state index contributed by atoms with van der Waals surface area (Å²) in [7, 11) is 3.28. The summed E-state index contributed by atoms with van der Waals surface area (Å²) >= 11 is 0. The first-order chi connectivity index (χ1) is 13.7. The maximum Gasteiger partial charge on any atom is 0.161 e. The summed E-state index contributed by atoms with van der Waals surface area (Å²) in [6, 6.07) is 5.81. The minimum atomic E-state index is 0.468. The summed E-state index contributed by atoms with van der Waals surface area (Å²) in [6.45, 7) is 7.97. The molecule has 3 rings (SSSR count). The Bertz CT molecular complexity index is 814. The molecule has 0 aromatic heterocycles. The van der Waals surface area contributed by atoms with Gasteiger partial charge in [-0.3, -0.25) is 0 Å². The molecule has 0 radical (unpaired) electrons. The first kappa shape index (κ1) is 19.9. The molecular weight excluding hydrogens is 356 g/mol. The number of aliphatic imine (C=N–C) groups is 2. The number of hydrogen-bond acceptors (Lipinski definition) is 7. The average molecular weight is 384 g/mol. The summed E-state index contributed by atoms with van der Waals surface area (Å²) in [4.78, 5) is 13.8. The normalized spacial score (nSPS) is 16.1. The lowest BCUT2D eigenvalue weighted by Gasteiger charge is -2.33. The Morgan fingerprint density at radius 2 is 1.89 bits per heavy atom. The highest BCUT2D eigenvalue weighted by molar-refractivity contribution is 6.16. The van der Waals surface area contributed by atoms with Crippen LogP contribution in [0.25, 0.3) is 6.08 Å². The van der Waals surface area contributed by atoms with Gasteiger partial charge in [-0.2, -0.15) is 0 Å². The van der Waals surface area contributed by atoms with E-state index in [2.05, 4.69) is 34.8 Å². The predicted molar refractivity (Wildman–Crippen MR) is 112 cm³/mol. The van der Waals surface area contributed by atoms with Crippen LogP contribution in [0.4, 0.5) is 0 Å². The molecule has 1 aromatic rings. The van der Waals surface area contributed by atoms with Gasteiger partial charge in [-0.25, -0.2) is 9.98 Å². The van der Waals surface area contributed by atoms with E-state index in [0.717, 1.165) is 36.9 Å². The van der Waals surface area contributed by atoms with Crippen LogP contribution in [-0.4, -0.2) is 68.7 Å². The number of nitrogens with zero attached hydrogens (tertiary/aromatic N) is 4. The second-order valence-electron chi connectivity index (χ2n) is 6.41. The van der Waals surface area contributed by atoms with Crippen LogP contribution in [0, 0.1) is 0 Å². The topological polar surface area (TPSA) is 58.9 Å². The highest BCUT2D eigenvalue weighted by atomic mass is 16.5. The average Bonchev–Trinajstić information content (AvgIpc) is 3.14. The van der Waals surface area contributed by atoms with Crippen molar-refractivity contribution in [2.75, 3.05) is 47.2 Å². The Hall–Kier alpha value is -2.80. The van der Waals surface area contributed by atoms with Crippen LogP contribution in [-0.2, 0) is 4.74 Å². The smallest absolute Gasteiger partial charge is 0.161 e. The summed E-state index contributed by atoms with van der Waals surface area (Å²) in [5.74, 6) is 3.04. The van der Waals surface area contributed by atoms with Gasteiger partial charge in [-0.15, -0.1) is 0 Å². The molecule has 0 atom stereocenters. The van der Waals surface area contributed by atoms with Gasteiger partial charge in [-0.05, 0) is 37.6 Å². The monoisotopic (exact) mass is 384 g/mol. The minimum absolute atomic E-state index is 0.468. The molecule has 0 aliphatic carbocycles. The number of ether oxygens (including phenoxy) is 3. The van der Waals surface area contributed by atoms with Crippen LogP contribution >= 0.6 is 0 Å². The van der Waals surface area contributed by atoms with Crippen molar-refractivity contribution in [3.05, 3.63) is 41.7 Å². The van der Waals surface area contributed by atoms with Crippen LogP contribution in [0.3, 0.4) is 0 Å². The van der Waals surface area contributed by atoms with Crippen molar-refractivity contribution < 1.29 is 14.2 Å². The third-order valence-corrected chi connectivity index (χ3v) is 4.59. The highest BCUT2D eigenvalue weighted by Crippen LogP contribution is 2.29. The zero-order valence-electron chi connectivity index (χ0n) is 17.0. The lowest BCUT2D eigenvalue weighted by Crippen LogP contribution is -2.43. The lowest BCUT2D eigenvalue weighted by atomic mass is 10.2. The molecule has 1 aromatic carbocycles. The molecule has 28 heavy (non-hydrogen) atoms. The number of rotatable bonds is 9. The van der Waals surface area contributed by atoms with Gasteiger partial charge in [-0.1, -0.05) is 12.1 Å². The summed E-state index contributed by atoms with van der Waals surface area (Å²) < 4.78 is 16.2. The Kier molecular flexibility index (Phi) is 6.71. The maximum absolute atomic E-state index is 5.75. The maximum atomic E-state index is 5.75. The van der Waals surface area contributed by atoms with Gasteiger partial charge in [0.25, 0.3) is 0 Å². The second-order valence-corrected chi connectivity index (χ2v) is 6.41. The molecule has 0 N–H and O–H groups in total. The Morgan fingerprint density at radius 1 is 1.04 bits per heavy atom. The van der Waals surface area contributed by atoms with E-state index in [-0.39, 0.29) is 0 Å². The quantitative estimate of drug-likeness (QED) is 0.613. The van der Waals surface area contributed by atoms with Crippen LogP contribution < -0.4 is 9.47 Å². The molecule has 0 unspecified atom stereocenters. The fourth-order valence-corrected chi connectivity index (χ4v) is 3.01. The largest absolute Gasteiger partial charge is 0.493 e. The van der Waals surface area contributed by atoms with Crippen LogP contribution in [0.2, 0.25) is 0 Å². The lowest BCUT2D eigenvalue weighted by molar-refractivity contribution is 0.144. The molecule has 150 valence electrons. The number of methoxy groups -OCH3 is 2. The van der Waals surface area contributed by atoms with Crippen LogP contribution in [0.1, 0.15) is 19.4 Å². The van der Waals surface area contributed by atoms with E-state index in [0.29, 0.717) is 30.5 Å². The van der Waals surface area contributed by atoms with E-state index in [9.17, 15) is 0 Å². The molecule has 0 bridgehead atoms. The van der Waals surface area contributed by atoms with Gasteiger partial charge in [0, 0.05) is 26.4 Å². The molecule has 0 fully saturated rings. The molecule has 7 heteroatoms. The van der Waals surface area contributed by atoms with E-state index < -0.39 is 0 Å². The first-order valence-corrected chi connectivity index (χ1v) is 9.54. The predicted octanol–water partition coefficient (Wildman–Crippen LogP) is 3.00. The van der Waals surface area contributed by atoms with Crippen molar-refractivity contribution in [3.63, 3.8) is 0 Å². The van der Waals surface area contributed by atoms with Crippen molar-refractivity contribution in [2.24, 2.45) is 9.98 Å². The Morgan fingerprint density at radius 3 is 2.61 bits per heavy atom. The Balaban J connectivity index is 1.77. The van der Waals surface area contributed by atoms with Gasteiger partial charge in [0.15, 0.2) is 23.2 Å². The second kappa shape index (κ2) is 9.41. The summed E-state index contributed by atoms with van der Waals surface area (Å²) in [5, 5.41) is 0. The van der Waals surface area contributed by atoms with Crippen molar-refractivity contribution in [3.8, 4) is 11.5 Å². The van der Waals surface area contributed by atoms with Gasteiger partial charge < -0.3 is 24.0 Å². The fraction of sp³-hybridized carbons (Fsp3) is 0.429. The highest BCUT2D eigenvalue weighted by Gasteiger charge is 2.26. The zero-order chi connectivity index (χ0) is 19.9. The molecule has 2 aliphatic heterocycles. The fourth-order valence-electron chi connectivity index (χ4n) is 3.01. The molecule has 2 heterocycles. The van der Waals surface area contributed by atoms with Crippen molar-refractivity contribution in [1.29, 1.82) is 0 Å². The third kappa shape index (κ3) is 4.54. The number of amidine groups is 2. The number of benzene rings is 1. The molecule has 0 spiro atoms. The van der Waals surface area contributed by atoms with E-state index in [1.54, 1.807) is 14.2 Å². The third-order valence-electron chi connectivity index (χ3n) is 4.59. The molecule has 7 nitrogen and oxygen atoms in total. The first-order valence-electron chi connectivity index (χ1n) is 9.54. The van der Waals surface area contributed by atoms with Crippen molar-refractivity contribution >= 4 is 17.7 Å². The number of likely N-dealkylation sites (N-methyl/N-ethyl adjacent to an activating group) is 1. The van der Waals surface area contributed by atoms with Crippen LogP contribution in [0.5, 0.6) is 11.5 Å². The SMILES string of the molecule is CCN1C=C2N=C(/C=C/c3ccc(OC)c(OCCOC)c3)N=C2N(CC)C1. The number of hydrogen-bond donors (Lipinski definition) is 0. The van der Waals surface area contributed by atoms with E-state index >= 15 is 0 Å². The van der Waals surface area contributed by atoms with Gasteiger partial charge in [0.05, 0.1) is 20.4 Å². The van der Waals surface area contributed by atoms with Crippen LogP contribution in [0.15, 0.2) is 46.2 Å². The van der Waals surface area contributed by atoms with Crippen molar-refractivity contribution in [1.82, 2.24) is 9.80 Å². The minimum Gasteiger partial charge on any atom is -0.493 e. The van der Waals surface area contributed by atoms with Crippen molar-refractivity contribution in [2.45, 2.75) is 13.8 Å². The summed E-state index contributed by atoms with van der Waals surface area (Å²) in [6.07, 6.45) is 6.00. The molecule has 0 saturated heterocycles. The number of fused-ring (bicyclic) bond motifs is 1. The van der Waals surface area contributed by atoms with Gasteiger partial charge in [0.1, 0.15) is 12.3 Å². The molecule has 0 saturated carbocycles. The Labute approximate surface area is 166 Å². The van der Waals surface area contributed by atoms with Gasteiger partial charge >= 0.3 is 0 Å². The zero-order valence-corrected chi connectivity index (χ0v) is 17.0. The van der Waals surface area contributed by atoms with E-state index in [1.807, 2.05) is 30.4 Å². The molecule has 0 amide bonds. The molecule has 2 aliphatic rings. The molecular formula is C21H28N4O3.